The number of nitrogens with zero attached hydrogens (tertiary/aromatic N) is 1. The van der Waals surface area contributed by atoms with Gasteiger partial charge in [-0.05, 0) is 30.0 Å². The number of hydrogen-bond acceptors (Lipinski definition) is 2. The number of rotatable bonds is 4. The molecule has 1 saturated heterocycles. The van der Waals surface area contributed by atoms with Crippen LogP contribution >= 0.6 is 0 Å². The molecule has 0 aliphatic carbocycles. The Morgan fingerprint density at radius 3 is 3.05 bits per heavy atom. The fraction of sp³-hybridized carbons (Fsp3) is 0.438. The van der Waals surface area contributed by atoms with Gasteiger partial charge >= 0.3 is 0 Å². The van der Waals surface area contributed by atoms with Gasteiger partial charge < -0.3 is 15.2 Å². The Hall–Kier alpha value is -1.88. The molecule has 0 bridgehead atoms. The van der Waals surface area contributed by atoms with E-state index in [1.165, 1.54) is 0 Å². The molecule has 1 aliphatic heterocycles. The van der Waals surface area contributed by atoms with Gasteiger partial charge in [-0.3, -0.25) is 4.79 Å². The molecular weight excluding hydrogens is 269 g/mol. The molecule has 1 amide bonds. The number of aryl methyl sites for hydroxylation is 1. The predicted octanol–water partition coefficient (Wildman–Crippen LogP) is 2.69. The summed E-state index contributed by atoms with van der Waals surface area (Å²) in [6, 6.07) is 7.50. The Bertz CT molecular complexity index is 652. The Labute approximate surface area is 123 Å². The molecule has 1 fully saturated rings. The summed E-state index contributed by atoms with van der Waals surface area (Å²) in [6.07, 6.45) is 2.45. The normalized spacial score (nSPS) is 21.8. The monoisotopic (exact) mass is 289 g/mol. The van der Waals surface area contributed by atoms with Crippen molar-refractivity contribution in [3.8, 4) is 0 Å². The second-order valence-corrected chi connectivity index (χ2v) is 5.57. The third kappa shape index (κ3) is 2.93. The molecule has 2 N–H and O–H groups in total. The average Bonchev–Trinajstić information content (AvgIpc) is 3.06. The highest BCUT2D eigenvalue weighted by Crippen LogP contribution is 2.21. The van der Waals surface area contributed by atoms with Gasteiger partial charge in [-0.25, -0.2) is 4.39 Å². The first-order chi connectivity index (χ1) is 10.2. The molecule has 2 aromatic rings. The molecule has 1 aromatic heterocycles. The first-order valence-electron chi connectivity index (χ1n) is 7.44. The third-order valence-electron chi connectivity index (χ3n) is 3.90. The molecule has 21 heavy (non-hydrogen) atoms. The SMILES string of the molecule is CCCn1ccc2ccc(NC(=O)[C@H]3C[C@H](F)CN3)cc21. The van der Waals surface area contributed by atoms with Crippen LogP contribution in [0, 0.1) is 0 Å². The van der Waals surface area contributed by atoms with Crippen molar-refractivity contribution in [3.05, 3.63) is 30.5 Å². The lowest BCUT2D eigenvalue weighted by Gasteiger charge is -2.11. The van der Waals surface area contributed by atoms with E-state index in [1.807, 2.05) is 18.2 Å². The number of carbonyl (C=O) groups excluding carboxylic acids is 1. The second-order valence-electron chi connectivity index (χ2n) is 5.57. The molecule has 1 aliphatic rings. The number of fused-ring (bicyclic) bond motifs is 1. The van der Waals surface area contributed by atoms with E-state index >= 15 is 0 Å². The number of hydrogen-bond donors (Lipinski definition) is 2. The van der Waals surface area contributed by atoms with Crippen molar-refractivity contribution in [3.63, 3.8) is 0 Å². The summed E-state index contributed by atoms with van der Waals surface area (Å²) in [4.78, 5) is 12.1. The van der Waals surface area contributed by atoms with Crippen molar-refractivity contribution in [2.24, 2.45) is 0 Å². The average molecular weight is 289 g/mol. The largest absolute Gasteiger partial charge is 0.347 e. The maximum absolute atomic E-state index is 13.1. The lowest BCUT2D eigenvalue weighted by atomic mass is 10.2. The standard InChI is InChI=1S/C16H20FN3O/c1-2-6-20-7-5-11-3-4-13(9-15(11)20)19-16(21)14-8-12(17)10-18-14/h3-5,7,9,12,14,18H,2,6,8,10H2,1H3,(H,19,21)/t12-,14+/m0/s1. The number of alkyl halides is 1. The quantitative estimate of drug-likeness (QED) is 0.909. The van der Waals surface area contributed by atoms with Gasteiger partial charge in [-0.2, -0.15) is 0 Å². The zero-order valence-corrected chi connectivity index (χ0v) is 12.1. The van der Waals surface area contributed by atoms with Crippen LogP contribution in [0.3, 0.4) is 0 Å². The van der Waals surface area contributed by atoms with Gasteiger partial charge in [0.05, 0.1) is 11.6 Å². The summed E-state index contributed by atoms with van der Waals surface area (Å²) in [5.41, 5.74) is 1.87. The summed E-state index contributed by atoms with van der Waals surface area (Å²) in [6.45, 7) is 3.35. The minimum atomic E-state index is -0.926. The van der Waals surface area contributed by atoms with Crippen LogP contribution in [-0.2, 0) is 11.3 Å². The number of amides is 1. The van der Waals surface area contributed by atoms with Crippen LogP contribution in [0.15, 0.2) is 30.5 Å². The first-order valence-corrected chi connectivity index (χ1v) is 7.44. The summed E-state index contributed by atoms with van der Waals surface area (Å²) in [5.74, 6) is -0.164. The van der Waals surface area contributed by atoms with Gasteiger partial charge in [0.1, 0.15) is 6.17 Å². The first kappa shape index (κ1) is 14.1. The molecule has 0 unspecified atom stereocenters. The minimum Gasteiger partial charge on any atom is -0.347 e. The zero-order chi connectivity index (χ0) is 14.8. The smallest absolute Gasteiger partial charge is 0.241 e. The van der Waals surface area contributed by atoms with Gasteiger partial charge in [-0.1, -0.05) is 13.0 Å². The number of anilines is 1. The third-order valence-corrected chi connectivity index (χ3v) is 3.90. The Morgan fingerprint density at radius 1 is 1.48 bits per heavy atom. The van der Waals surface area contributed by atoms with E-state index in [9.17, 15) is 9.18 Å². The number of nitrogens with one attached hydrogen (secondary N) is 2. The van der Waals surface area contributed by atoms with Crippen molar-refractivity contribution in [2.75, 3.05) is 11.9 Å². The van der Waals surface area contributed by atoms with Crippen LogP contribution in [0.4, 0.5) is 10.1 Å². The Morgan fingerprint density at radius 2 is 2.33 bits per heavy atom. The Kier molecular flexibility index (Phi) is 3.92. The summed E-state index contributed by atoms with van der Waals surface area (Å²) in [5, 5.41) is 6.93. The van der Waals surface area contributed by atoms with Crippen LogP contribution in [0.2, 0.25) is 0 Å². The van der Waals surface area contributed by atoms with E-state index in [-0.39, 0.29) is 18.9 Å². The zero-order valence-electron chi connectivity index (χ0n) is 12.1. The van der Waals surface area contributed by atoms with Gasteiger partial charge in [0.2, 0.25) is 5.91 Å². The molecule has 2 heterocycles. The molecule has 0 radical (unpaired) electrons. The molecule has 3 rings (SSSR count). The summed E-state index contributed by atoms with van der Waals surface area (Å²) >= 11 is 0. The second kappa shape index (κ2) is 5.85. The summed E-state index contributed by atoms with van der Waals surface area (Å²) in [7, 11) is 0. The maximum Gasteiger partial charge on any atom is 0.241 e. The van der Waals surface area contributed by atoms with Crippen LogP contribution < -0.4 is 10.6 Å². The number of halogens is 1. The lowest BCUT2D eigenvalue weighted by molar-refractivity contribution is -0.117. The van der Waals surface area contributed by atoms with E-state index in [0.29, 0.717) is 0 Å². The van der Waals surface area contributed by atoms with Crippen molar-refractivity contribution in [1.82, 2.24) is 9.88 Å². The van der Waals surface area contributed by atoms with Crippen LogP contribution in [0.25, 0.3) is 10.9 Å². The van der Waals surface area contributed by atoms with Crippen molar-refractivity contribution in [2.45, 2.75) is 38.5 Å². The van der Waals surface area contributed by atoms with E-state index in [4.69, 9.17) is 0 Å². The fourth-order valence-electron chi connectivity index (χ4n) is 2.82. The number of aromatic nitrogens is 1. The van der Waals surface area contributed by atoms with E-state index in [1.54, 1.807) is 0 Å². The fourth-order valence-corrected chi connectivity index (χ4v) is 2.82. The lowest BCUT2D eigenvalue weighted by Crippen LogP contribution is -2.35. The van der Waals surface area contributed by atoms with Gasteiger partial charge in [0.25, 0.3) is 0 Å². The van der Waals surface area contributed by atoms with Gasteiger partial charge in [-0.15, -0.1) is 0 Å². The molecule has 0 saturated carbocycles. The van der Waals surface area contributed by atoms with Crippen LogP contribution in [-0.4, -0.2) is 29.2 Å². The van der Waals surface area contributed by atoms with E-state index < -0.39 is 12.2 Å². The van der Waals surface area contributed by atoms with Crippen molar-refractivity contribution < 1.29 is 9.18 Å². The van der Waals surface area contributed by atoms with Crippen LogP contribution in [0.1, 0.15) is 19.8 Å². The van der Waals surface area contributed by atoms with Crippen molar-refractivity contribution >= 4 is 22.5 Å². The highest BCUT2D eigenvalue weighted by atomic mass is 19.1. The number of benzene rings is 1. The Balaban J connectivity index is 1.77. The molecule has 1 aromatic carbocycles. The molecule has 5 heteroatoms. The molecule has 112 valence electrons. The van der Waals surface area contributed by atoms with Gasteiger partial charge in [0.15, 0.2) is 0 Å². The van der Waals surface area contributed by atoms with E-state index in [0.717, 1.165) is 29.6 Å². The topological polar surface area (TPSA) is 46.1 Å². The van der Waals surface area contributed by atoms with Crippen LogP contribution in [0.5, 0.6) is 0 Å². The van der Waals surface area contributed by atoms with E-state index in [2.05, 4.69) is 34.4 Å². The molecule has 2 atom stereocenters. The molecular formula is C16H20FN3O. The minimum absolute atomic E-state index is 0.164. The summed E-state index contributed by atoms with van der Waals surface area (Å²) < 4.78 is 15.3. The maximum atomic E-state index is 13.1. The highest BCUT2D eigenvalue weighted by molar-refractivity contribution is 5.97. The molecule has 0 spiro atoms. The number of carbonyl (C=O) groups is 1. The van der Waals surface area contributed by atoms with Gasteiger partial charge in [0, 0.05) is 31.4 Å². The van der Waals surface area contributed by atoms with Crippen molar-refractivity contribution in [1.29, 1.82) is 0 Å². The molecule has 4 nitrogen and oxygen atoms in total. The highest BCUT2D eigenvalue weighted by Gasteiger charge is 2.29. The predicted molar refractivity (Wildman–Crippen MR) is 82.2 cm³/mol.